The molecule has 2 aromatic heterocycles. The van der Waals surface area contributed by atoms with E-state index in [0.717, 1.165) is 5.56 Å². The standard InChI is InChI=1S/C19H22N6O2/c1-12-5-6-13(7-15(12)23-17(26)10-24(2)3)22-19(27)14-8-20-9-16-18(14)25(4)11-21-16/h5-9,11H,10H2,1-4H3,(H,22,27)(H,23,26). The van der Waals surface area contributed by atoms with Gasteiger partial charge in [0.2, 0.25) is 5.91 Å². The van der Waals surface area contributed by atoms with Crippen LogP contribution >= 0.6 is 0 Å². The highest BCUT2D eigenvalue weighted by Crippen LogP contribution is 2.22. The number of hydrogen-bond acceptors (Lipinski definition) is 5. The Morgan fingerprint density at radius 1 is 1.19 bits per heavy atom. The Morgan fingerprint density at radius 2 is 1.96 bits per heavy atom. The van der Waals surface area contributed by atoms with Crippen molar-refractivity contribution in [3.05, 3.63) is 48.0 Å². The molecule has 0 bridgehead atoms. The largest absolute Gasteiger partial charge is 0.333 e. The first-order chi connectivity index (χ1) is 12.8. The molecule has 8 nitrogen and oxygen atoms in total. The van der Waals surface area contributed by atoms with Crippen molar-refractivity contribution in [3.63, 3.8) is 0 Å². The first-order valence-corrected chi connectivity index (χ1v) is 8.47. The summed E-state index contributed by atoms with van der Waals surface area (Å²) in [4.78, 5) is 34.9. The van der Waals surface area contributed by atoms with Crippen LogP contribution in [0.25, 0.3) is 11.0 Å². The van der Waals surface area contributed by atoms with Crippen molar-refractivity contribution >= 4 is 34.2 Å². The molecule has 1 aromatic carbocycles. The lowest BCUT2D eigenvalue weighted by Crippen LogP contribution is -2.27. The summed E-state index contributed by atoms with van der Waals surface area (Å²) in [5.41, 5.74) is 3.98. The highest BCUT2D eigenvalue weighted by Gasteiger charge is 2.15. The van der Waals surface area contributed by atoms with E-state index in [1.807, 2.05) is 34.1 Å². The molecule has 0 radical (unpaired) electrons. The van der Waals surface area contributed by atoms with Crippen LogP contribution in [0.5, 0.6) is 0 Å². The van der Waals surface area contributed by atoms with Gasteiger partial charge in [-0.2, -0.15) is 0 Å². The van der Waals surface area contributed by atoms with Gasteiger partial charge in [0.25, 0.3) is 5.91 Å². The molecule has 2 N–H and O–H groups in total. The van der Waals surface area contributed by atoms with Gasteiger partial charge in [-0.15, -0.1) is 0 Å². The zero-order valence-corrected chi connectivity index (χ0v) is 15.8. The van der Waals surface area contributed by atoms with Gasteiger partial charge in [0, 0.05) is 24.6 Å². The molecule has 0 saturated heterocycles. The van der Waals surface area contributed by atoms with Crippen LogP contribution in [0.2, 0.25) is 0 Å². The molecule has 2 amide bonds. The van der Waals surface area contributed by atoms with Crippen molar-refractivity contribution in [1.82, 2.24) is 19.4 Å². The number of carbonyl (C=O) groups excluding carboxylic acids is 2. The molecule has 140 valence electrons. The molecule has 0 spiro atoms. The van der Waals surface area contributed by atoms with E-state index >= 15 is 0 Å². The average molecular weight is 366 g/mol. The van der Waals surface area contributed by atoms with Crippen LogP contribution in [0.4, 0.5) is 11.4 Å². The van der Waals surface area contributed by atoms with Crippen LogP contribution in [0.15, 0.2) is 36.9 Å². The Kier molecular flexibility index (Phi) is 5.18. The fraction of sp³-hybridized carbons (Fsp3) is 0.263. The number of pyridine rings is 1. The molecular weight excluding hydrogens is 344 g/mol. The Balaban J connectivity index is 1.83. The molecule has 8 heteroatoms. The lowest BCUT2D eigenvalue weighted by molar-refractivity contribution is -0.116. The van der Waals surface area contributed by atoms with E-state index in [2.05, 4.69) is 20.6 Å². The van der Waals surface area contributed by atoms with Gasteiger partial charge in [-0.25, -0.2) is 4.98 Å². The number of fused-ring (bicyclic) bond motifs is 1. The number of anilines is 2. The number of carbonyl (C=O) groups is 2. The molecule has 0 unspecified atom stereocenters. The highest BCUT2D eigenvalue weighted by molar-refractivity contribution is 6.11. The van der Waals surface area contributed by atoms with Crippen LogP contribution < -0.4 is 10.6 Å². The summed E-state index contributed by atoms with van der Waals surface area (Å²) in [6.45, 7) is 2.18. The van der Waals surface area contributed by atoms with Crippen LogP contribution in [0.3, 0.4) is 0 Å². The van der Waals surface area contributed by atoms with Crippen molar-refractivity contribution in [3.8, 4) is 0 Å². The Morgan fingerprint density at radius 3 is 2.70 bits per heavy atom. The molecule has 0 atom stereocenters. The lowest BCUT2D eigenvalue weighted by Gasteiger charge is -2.14. The van der Waals surface area contributed by atoms with E-state index in [4.69, 9.17) is 0 Å². The summed E-state index contributed by atoms with van der Waals surface area (Å²) in [5.74, 6) is -0.401. The SMILES string of the molecule is Cc1ccc(NC(=O)c2cncc3ncn(C)c23)cc1NC(=O)CN(C)C. The van der Waals surface area contributed by atoms with Crippen molar-refractivity contribution in [2.24, 2.45) is 7.05 Å². The number of rotatable bonds is 5. The highest BCUT2D eigenvalue weighted by atomic mass is 16.2. The minimum absolute atomic E-state index is 0.115. The van der Waals surface area contributed by atoms with E-state index in [0.29, 0.717) is 28.0 Å². The summed E-state index contributed by atoms with van der Waals surface area (Å²) in [7, 11) is 5.49. The first kappa shape index (κ1) is 18.5. The summed E-state index contributed by atoms with van der Waals surface area (Å²) in [6, 6.07) is 5.40. The summed E-state index contributed by atoms with van der Waals surface area (Å²) in [5, 5.41) is 5.74. The van der Waals surface area contributed by atoms with E-state index in [-0.39, 0.29) is 18.4 Å². The van der Waals surface area contributed by atoms with Gasteiger partial charge in [0.15, 0.2) is 0 Å². The third kappa shape index (κ3) is 4.12. The summed E-state index contributed by atoms with van der Waals surface area (Å²) < 4.78 is 1.79. The molecule has 2 heterocycles. The van der Waals surface area contributed by atoms with Crippen molar-refractivity contribution < 1.29 is 9.59 Å². The fourth-order valence-electron chi connectivity index (χ4n) is 2.79. The molecule has 0 saturated carbocycles. The number of hydrogen-bond donors (Lipinski definition) is 2. The van der Waals surface area contributed by atoms with E-state index in [9.17, 15) is 9.59 Å². The van der Waals surface area contributed by atoms with E-state index < -0.39 is 0 Å². The number of amides is 2. The number of nitrogens with zero attached hydrogens (tertiary/aromatic N) is 4. The van der Waals surface area contributed by atoms with Crippen molar-refractivity contribution in [1.29, 1.82) is 0 Å². The molecule has 3 aromatic rings. The van der Waals surface area contributed by atoms with Crippen LogP contribution in [-0.4, -0.2) is 51.9 Å². The van der Waals surface area contributed by atoms with Crippen LogP contribution in [0, 0.1) is 6.92 Å². The summed E-state index contributed by atoms with van der Waals surface area (Å²) in [6.07, 6.45) is 4.79. The van der Waals surface area contributed by atoms with Gasteiger partial charge in [-0.3, -0.25) is 14.6 Å². The summed E-state index contributed by atoms with van der Waals surface area (Å²) >= 11 is 0. The first-order valence-electron chi connectivity index (χ1n) is 8.47. The fourth-order valence-corrected chi connectivity index (χ4v) is 2.79. The number of likely N-dealkylation sites (N-methyl/N-ethyl adjacent to an activating group) is 1. The van der Waals surface area contributed by atoms with Gasteiger partial charge in [0.1, 0.15) is 5.52 Å². The Labute approximate surface area is 157 Å². The molecular formula is C19H22N6O2. The van der Waals surface area contributed by atoms with Crippen molar-refractivity contribution in [2.45, 2.75) is 6.92 Å². The van der Waals surface area contributed by atoms with Gasteiger partial charge in [-0.1, -0.05) is 6.07 Å². The van der Waals surface area contributed by atoms with Crippen molar-refractivity contribution in [2.75, 3.05) is 31.3 Å². The normalized spacial score (nSPS) is 11.0. The molecule has 27 heavy (non-hydrogen) atoms. The minimum Gasteiger partial charge on any atom is -0.333 e. The second-order valence-corrected chi connectivity index (χ2v) is 6.68. The predicted octanol–water partition coefficient (Wildman–Crippen LogP) is 2.03. The number of aromatic nitrogens is 3. The third-order valence-corrected chi connectivity index (χ3v) is 4.09. The average Bonchev–Trinajstić information content (AvgIpc) is 2.98. The van der Waals surface area contributed by atoms with Crippen LogP contribution in [-0.2, 0) is 11.8 Å². The molecule has 0 aliphatic rings. The molecule has 3 rings (SSSR count). The Hall–Kier alpha value is -3.26. The van der Waals surface area contributed by atoms with E-state index in [1.165, 1.54) is 6.20 Å². The number of nitrogens with one attached hydrogen (secondary N) is 2. The monoisotopic (exact) mass is 366 g/mol. The third-order valence-electron chi connectivity index (χ3n) is 4.09. The zero-order valence-electron chi connectivity index (χ0n) is 15.8. The number of benzene rings is 1. The maximum Gasteiger partial charge on any atom is 0.259 e. The number of aryl methyl sites for hydroxylation is 2. The Bertz CT molecular complexity index is 1010. The quantitative estimate of drug-likeness (QED) is 0.721. The lowest BCUT2D eigenvalue weighted by atomic mass is 10.1. The predicted molar refractivity (Wildman–Crippen MR) is 105 cm³/mol. The van der Waals surface area contributed by atoms with Gasteiger partial charge in [0.05, 0.1) is 30.1 Å². The maximum absolute atomic E-state index is 12.8. The molecule has 0 aliphatic heterocycles. The van der Waals surface area contributed by atoms with Gasteiger partial charge >= 0.3 is 0 Å². The van der Waals surface area contributed by atoms with E-state index in [1.54, 1.807) is 34.1 Å². The maximum atomic E-state index is 12.8. The van der Waals surface area contributed by atoms with Gasteiger partial charge < -0.3 is 20.1 Å². The second kappa shape index (κ2) is 7.55. The second-order valence-electron chi connectivity index (χ2n) is 6.68. The minimum atomic E-state index is -0.286. The van der Waals surface area contributed by atoms with Gasteiger partial charge in [-0.05, 0) is 38.7 Å². The number of imidazole rings is 1. The topological polar surface area (TPSA) is 92.1 Å². The zero-order chi connectivity index (χ0) is 19.6. The molecule has 0 fully saturated rings. The molecule has 0 aliphatic carbocycles. The smallest absolute Gasteiger partial charge is 0.259 e. The van der Waals surface area contributed by atoms with Crippen LogP contribution in [0.1, 0.15) is 15.9 Å².